The second-order valence-corrected chi connectivity index (χ2v) is 5.98. The summed E-state index contributed by atoms with van der Waals surface area (Å²) in [5.41, 5.74) is 0.263. The topological polar surface area (TPSA) is 86.3 Å². The first-order valence-corrected chi connectivity index (χ1v) is 7.45. The SMILES string of the molecule is Cc1nc(C(C)C)[nH]c(=O)c1C(=O)N1CCC(CO)CC1. The number of aromatic nitrogens is 2. The third-order valence-electron chi connectivity index (χ3n) is 4.04. The van der Waals surface area contributed by atoms with Gasteiger partial charge in [-0.2, -0.15) is 0 Å². The van der Waals surface area contributed by atoms with Gasteiger partial charge in [-0.05, 0) is 25.7 Å². The van der Waals surface area contributed by atoms with Crippen LogP contribution in [0.2, 0.25) is 0 Å². The zero-order chi connectivity index (χ0) is 15.6. The summed E-state index contributed by atoms with van der Waals surface area (Å²) in [6.07, 6.45) is 1.55. The van der Waals surface area contributed by atoms with Crippen molar-refractivity contribution in [2.24, 2.45) is 5.92 Å². The van der Waals surface area contributed by atoms with Crippen molar-refractivity contribution >= 4 is 5.91 Å². The van der Waals surface area contributed by atoms with E-state index in [1.165, 1.54) is 0 Å². The Bertz CT molecular complexity index is 572. The molecule has 0 aromatic carbocycles. The number of aromatic amines is 1. The van der Waals surface area contributed by atoms with Crippen LogP contribution < -0.4 is 5.56 Å². The van der Waals surface area contributed by atoms with Crippen molar-refractivity contribution in [3.63, 3.8) is 0 Å². The van der Waals surface area contributed by atoms with Crippen LogP contribution in [-0.4, -0.2) is 45.6 Å². The molecule has 2 rings (SSSR count). The number of hydrogen-bond donors (Lipinski definition) is 2. The molecule has 0 atom stereocenters. The predicted octanol–water partition coefficient (Wildman–Crippen LogP) is 1.05. The standard InChI is InChI=1S/C15H23N3O3/c1-9(2)13-16-10(3)12(14(20)17-13)15(21)18-6-4-11(8-19)5-7-18/h9,11,19H,4-8H2,1-3H3,(H,16,17,20). The van der Waals surface area contributed by atoms with Crippen LogP contribution in [-0.2, 0) is 0 Å². The minimum absolute atomic E-state index is 0.112. The van der Waals surface area contributed by atoms with Crippen LogP contribution in [0.25, 0.3) is 0 Å². The summed E-state index contributed by atoms with van der Waals surface area (Å²) in [7, 11) is 0. The third kappa shape index (κ3) is 3.32. The predicted molar refractivity (Wildman–Crippen MR) is 79.4 cm³/mol. The normalized spacial score (nSPS) is 16.5. The summed E-state index contributed by atoms with van der Waals surface area (Å²) in [5.74, 6) is 0.719. The van der Waals surface area contributed by atoms with Gasteiger partial charge in [0.1, 0.15) is 11.4 Å². The Hall–Kier alpha value is -1.69. The van der Waals surface area contributed by atoms with E-state index in [1.54, 1.807) is 11.8 Å². The Morgan fingerprint density at radius 3 is 2.52 bits per heavy atom. The fourth-order valence-electron chi connectivity index (χ4n) is 2.61. The molecule has 1 saturated heterocycles. The molecule has 1 fully saturated rings. The molecule has 1 amide bonds. The van der Waals surface area contributed by atoms with E-state index in [0.717, 1.165) is 12.8 Å². The van der Waals surface area contributed by atoms with Crippen molar-refractivity contribution < 1.29 is 9.90 Å². The van der Waals surface area contributed by atoms with Crippen molar-refractivity contribution in [3.8, 4) is 0 Å². The van der Waals surface area contributed by atoms with Crippen molar-refractivity contribution in [1.82, 2.24) is 14.9 Å². The number of carbonyl (C=O) groups is 1. The van der Waals surface area contributed by atoms with Crippen molar-refractivity contribution in [3.05, 3.63) is 27.4 Å². The summed E-state index contributed by atoms with van der Waals surface area (Å²) < 4.78 is 0. The lowest BCUT2D eigenvalue weighted by Gasteiger charge is -2.31. The highest BCUT2D eigenvalue weighted by Gasteiger charge is 2.26. The zero-order valence-corrected chi connectivity index (χ0v) is 12.8. The van der Waals surface area contributed by atoms with Gasteiger partial charge < -0.3 is 15.0 Å². The largest absolute Gasteiger partial charge is 0.396 e. The summed E-state index contributed by atoms with van der Waals surface area (Å²) in [6.45, 7) is 6.91. The molecule has 6 nitrogen and oxygen atoms in total. The van der Waals surface area contributed by atoms with Crippen molar-refractivity contribution in [2.45, 2.75) is 39.5 Å². The molecule has 116 valence electrons. The fraction of sp³-hybridized carbons (Fsp3) is 0.667. The van der Waals surface area contributed by atoms with E-state index in [1.807, 2.05) is 13.8 Å². The van der Waals surface area contributed by atoms with Crippen molar-refractivity contribution in [1.29, 1.82) is 0 Å². The number of nitrogens with zero attached hydrogens (tertiary/aromatic N) is 2. The van der Waals surface area contributed by atoms with Crippen LogP contribution in [0.4, 0.5) is 0 Å². The van der Waals surface area contributed by atoms with Crippen LogP contribution in [0.1, 0.15) is 54.5 Å². The Morgan fingerprint density at radius 1 is 1.43 bits per heavy atom. The van der Waals surface area contributed by atoms with Crippen LogP contribution in [0, 0.1) is 12.8 Å². The molecule has 2 heterocycles. The van der Waals surface area contributed by atoms with Crippen LogP contribution >= 0.6 is 0 Å². The molecule has 0 radical (unpaired) electrons. The molecular formula is C15H23N3O3. The first-order valence-electron chi connectivity index (χ1n) is 7.45. The molecule has 0 unspecified atom stereocenters. The molecule has 0 bridgehead atoms. The maximum absolute atomic E-state index is 12.5. The molecule has 1 aliphatic rings. The van der Waals surface area contributed by atoms with Crippen LogP contribution in [0.3, 0.4) is 0 Å². The minimum atomic E-state index is -0.361. The Kier molecular flexibility index (Phi) is 4.77. The highest BCUT2D eigenvalue weighted by atomic mass is 16.3. The lowest BCUT2D eigenvalue weighted by Crippen LogP contribution is -2.42. The lowest BCUT2D eigenvalue weighted by atomic mass is 9.97. The third-order valence-corrected chi connectivity index (χ3v) is 4.04. The smallest absolute Gasteiger partial charge is 0.264 e. The van der Waals surface area contributed by atoms with Gasteiger partial charge in [0.05, 0.1) is 5.69 Å². The van der Waals surface area contributed by atoms with Gasteiger partial charge >= 0.3 is 0 Å². The number of carbonyl (C=O) groups excluding carboxylic acids is 1. The number of aliphatic hydroxyl groups excluding tert-OH is 1. The molecule has 1 aliphatic heterocycles. The van der Waals surface area contributed by atoms with Gasteiger partial charge in [0.25, 0.3) is 11.5 Å². The monoisotopic (exact) mass is 293 g/mol. The molecule has 6 heteroatoms. The van der Waals surface area contributed by atoms with E-state index in [-0.39, 0.29) is 35.5 Å². The highest BCUT2D eigenvalue weighted by Crippen LogP contribution is 2.18. The molecular weight excluding hydrogens is 270 g/mol. The number of amides is 1. The number of nitrogens with one attached hydrogen (secondary N) is 1. The van der Waals surface area contributed by atoms with Gasteiger partial charge in [0.15, 0.2) is 0 Å². The number of H-pyrrole nitrogens is 1. The molecule has 0 saturated carbocycles. The van der Waals surface area contributed by atoms with Gasteiger partial charge in [0, 0.05) is 25.6 Å². The maximum atomic E-state index is 12.5. The first-order chi connectivity index (χ1) is 9.93. The number of piperidine rings is 1. The fourth-order valence-corrected chi connectivity index (χ4v) is 2.61. The van der Waals surface area contributed by atoms with Gasteiger partial charge in [-0.1, -0.05) is 13.8 Å². The first kappa shape index (κ1) is 15.7. The van der Waals surface area contributed by atoms with Gasteiger partial charge in [-0.15, -0.1) is 0 Å². The second-order valence-electron chi connectivity index (χ2n) is 5.98. The number of aryl methyl sites for hydroxylation is 1. The Balaban J connectivity index is 2.22. The van der Waals surface area contributed by atoms with E-state index in [2.05, 4.69) is 9.97 Å². The second kappa shape index (κ2) is 6.39. The van der Waals surface area contributed by atoms with E-state index >= 15 is 0 Å². The van der Waals surface area contributed by atoms with Crippen LogP contribution in [0.15, 0.2) is 4.79 Å². The summed E-state index contributed by atoms with van der Waals surface area (Å²) in [5, 5.41) is 9.14. The lowest BCUT2D eigenvalue weighted by molar-refractivity contribution is 0.0647. The summed E-state index contributed by atoms with van der Waals surface area (Å²) in [6, 6.07) is 0. The highest BCUT2D eigenvalue weighted by molar-refractivity contribution is 5.94. The molecule has 0 aliphatic carbocycles. The molecule has 2 N–H and O–H groups in total. The number of aliphatic hydroxyl groups is 1. The summed E-state index contributed by atoms with van der Waals surface area (Å²) >= 11 is 0. The number of hydrogen-bond acceptors (Lipinski definition) is 4. The Morgan fingerprint density at radius 2 is 2.05 bits per heavy atom. The molecule has 1 aromatic heterocycles. The van der Waals surface area contributed by atoms with E-state index < -0.39 is 0 Å². The van der Waals surface area contributed by atoms with Gasteiger partial charge in [0.2, 0.25) is 0 Å². The van der Waals surface area contributed by atoms with Gasteiger partial charge in [-0.3, -0.25) is 9.59 Å². The average molecular weight is 293 g/mol. The van der Waals surface area contributed by atoms with E-state index in [9.17, 15) is 9.59 Å². The molecule has 21 heavy (non-hydrogen) atoms. The molecule has 0 spiro atoms. The quantitative estimate of drug-likeness (QED) is 0.872. The van der Waals surface area contributed by atoms with Crippen LogP contribution in [0.5, 0.6) is 0 Å². The summed E-state index contributed by atoms with van der Waals surface area (Å²) in [4.78, 5) is 33.4. The number of rotatable bonds is 3. The number of likely N-dealkylation sites (tertiary alicyclic amines) is 1. The van der Waals surface area contributed by atoms with Crippen molar-refractivity contribution in [2.75, 3.05) is 19.7 Å². The van der Waals surface area contributed by atoms with E-state index in [0.29, 0.717) is 24.6 Å². The van der Waals surface area contributed by atoms with Gasteiger partial charge in [-0.25, -0.2) is 4.98 Å². The Labute approximate surface area is 124 Å². The zero-order valence-electron chi connectivity index (χ0n) is 12.8. The average Bonchev–Trinajstić information content (AvgIpc) is 2.46. The van der Waals surface area contributed by atoms with E-state index in [4.69, 9.17) is 5.11 Å². The maximum Gasteiger partial charge on any atom is 0.264 e. The minimum Gasteiger partial charge on any atom is -0.396 e. The molecule has 1 aromatic rings.